The number of benzene rings is 2. The van der Waals surface area contributed by atoms with Gasteiger partial charge in [0, 0.05) is 37.2 Å². The van der Waals surface area contributed by atoms with Crippen LogP contribution in [0.15, 0.2) is 53.5 Å². The number of aliphatic carboxylic acids is 1. The van der Waals surface area contributed by atoms with E-state index in [-0.39, 0.29) is 55.7 Å². The number of guanidine groups is 1. The average Bonchev–Trinajstić information content (AvgIpc) is 2.98. The SMILES string of the molecule is COc1ccc(C[C@H](NC(=O)c2ccc(C(=N)N)cc2)C(=O)N2CCN(CC(=O)O)C(=O)[C@@H]2CCCCN=C(N)N)cc1.Cl. The van der Waals surface area contributed by atoms with Gasteiger partial charge >= 0.3 is 5.97 Å². The topological polar surface area (TPSA) is 231 Å². The zero-order valence-corrected chi connectivity index (χ0v) is 25.2. The molecule has 15 heteroatoms. The van der Waals surface area contributed by atoms with Gasteiger partial charge in [0.15, 0.2) is 5.96 Å². The van der Waals surface area contributed by atoms with Crippen LogP contribution < -0.4 is 27.3 Å². The number of nitrogens with zero attached hydrogens (tertiary/aromatic N) is 3. The second kappa shape index (κ2) is 16.7. The fourth-order valence-corrected chi connectivity index (χ4v) is 4.80. The summed E-state index contributed by atoms with van der Waals surface area (Å²) in [4.78, 5) is 58.7. The van der Waals surface area contributed by atoms with E-state index < -0.39 is 42.3 Å². The summed E-state index contributed by atoms with van der Waals surface area (Å²) in [5.74, 6) is -2.18. The predicted octanol–water partition coefficient (Wildman–Crippen LogP) is 0.310. The Bertz CT molecular complexity index is 1350. The number of carboxylic acid groups (broad SMARTS) is 1. The highest BCUT2D eigenvalue weighted by Crippen LogP contribution is 2.21. The maximum Gasteiger partial charge on any atom is 0.323 e. The molecule has 2 aromatic rings. The van der Waals surface area contributed by atoms with Crippen LogP contribution in [0.3, 0.4) is 0 Å². The first-order valence-corrected chi connectivity index (χ1v) is 13.7. The van der Waals surface area contributed by atoms with Gasteiger partial charge in [-0.1, -0.05) is 24.3 Å². The molecule has 9 N–H and O–H groups in total. The van der Waals surface area contributed by atoms with Crippen LogP contribution >= 0.6 is 12.4 Å². The number of nitrogens with two attached hydrogens (primary N) is 3. The molecule has 0 saturated carbocycles. The molecule has 0 spiro atoms. The second-order valence-corrected chi connectivity index (χ2v) is 10.1. The molecule has 0 aliphatic carbocycles. The number of amides is 3. The molecule has 1 heterocycles. The van der Waals surface area contributed by atoms with Crippen molar-refractivity contribution < 1.29 is 29.0 Å². The number of amidine groups is 1. The number of rotatable bonds is 14. The van der Waals surface area contributed by atoms with Crippen LogP contribution in [0.25, 0.3) is 0 Å². The number of piperazine rings is 1. The number of ether oxygens (including phenoxy) is 1. The molecule has 44 heavy (non-hydrogen) atoms. The maximum absolute atomic E-state index is 14.1. The molecule has 1 aliphatic heterocycles. The van der Waals surface area contributed by atoms with E-state index in [1.54, 1.807) is 24.3 Å². The largest absolute Gasteiger partial charge is 0.497 e. The van der Waals surface area contributed by atoms with Gasteiger partial charge in [0.1, 0.15) is 30.2 Å². The van der Waals surface area contributed by atoms with E-state index in [0.29, 0.717) is 30.7 Å². The van der Waals surface area contributed by atoms with Crippen molar-refractivity contribution in [2.45, 2.75) is 37.8 Å². The number of carbonyl (C=O) groups excluding carboxylic acids is 3. The number of aliphatic imine (C=N–C) groups is 1. The number of hydrogen-bond donors (Lipinski definition) is 6. The Morgan fingerprint density at radius 2 is 1.68 bits per heavy atom. The molecule has 3 amide bonds. The molecule has 2 aromatic carbocycles. The number of methoxy groups -OCH3 is 1. The summed E-state index contributed by atoms with van der Waals surface area (Å²) in [6.45, 7) is -0.00195. The number of carboxylic acids is 1. The summed E-state index contributed by atoms with van der Waals surface area (Å²) in [5.41, 5.74) is 17.7. The highest BCUT2D eigenvalue weighted by Gasteiger charge is 2.40. The zero-order valence-electron chi connectivity index (χ0n) is 24.4. The monoisotopic (exact) mass is 630 g/mol. The quantitative estimate of drug-likeness (QED) is 0.0956. The van der Waals surface area contributed by atoms with Crippen molar-refractivity contribution in [2.24, 2.45) is 22.2 Å². The number of unbranched alkanes of at least 4 members (excludes halogenated alkanes) is 1. The van der Waals surface area contributed by atoms with Gasteiger partial charge in [-0.2, -0.15) is 0 Å². The zero-order chi connectivity index (χ0) is 31.5. The van der Waals surface area contributed by atoms with Crippen LogP contribution in [0.2, 0.25) is 0 Å². The molecular formula is C29H39ClN8O6. The summed E-state index contributed by atoms with van der Waals surface area (Å²) in [5, 5.41) is 19.7. The van der Waals surface area contributed by atoms with Gasteiger partial charge in [0.25, 0.3) is 5.91 Å². The number of carbonyl (C=O) groups is 4. The lowest BCUT2D eigenvalue weighted by Gasteiger charge is -2.41. The van der Waals surface area contributed by atoms with Crippen molar-refractivity contribution in [3.63, 3.8) is 0 Å². The molecule has 0 bridgehead atoms. The van der Waals surface area contributed by atoms with Crippen LogP contribution in [0, 0.1) is 5.41 Å². The Kier molecular flexibility index (Phi) is 13.4. The van der Waals surface area contributed by atoms with Crippen molar-refractivity contribution in [2.75, 3.05) is 33.3 Å². The molecule has 0 aromatic heterocycles. The second-order valence-electron chi connectivity index (χ2n) is 10.1. The summed E-state index contributed by atoms with van der Waals surface area (Å²) < 4.78 is 5.22. The van der Waals surface area contributed by atoms with Crippen LogP contribution in [-0.4, -0.2) is 95.8 Å². The average molecular weight is 631 g/mol. The summed E-state index contributed by atoms with van der Waals surface area (Å²) in [6.07, 6.45) is 1.43. The molecule has 2 atom stereocenters. The van der Waals surface area contributed by atoms with E-state index in [1.165, 1.54) is 41.2 Å². The van der Waals surface area contributed by atoms with E-state index in [2.05, 4.69) is 10.3 Å². The van der Waals surface area contributed by atoms with E-state index in [4.69, 9.17) is 27.3 Å². The van der Waals surface area contributed by atoms with Crippen LogP contribution in [0.1, 0.15) is 40.7 Å². The van der Waals surface area contributed by atoms with Gasteiger partial charge in [-0.25, -0.2) is 0 Å². The minimum absolute atomic E-state index is 0. The summed E-state index contributed by atoms with van der Waals surface area (Å²) in [6, 6.07) is 11.2. The minimum atomic E-state index is -1.15. The normalized spacial score (nSPS) is 15.0. The maximum atomic E-state index is 14.1. The number of nitrogens with one attached hydrogen (secondary N) is 2. The highest BCUT2D eigenvalue weighted by molar-refractivity contribution is 6.00. The lowest BCUT2D eigenvalue weighted by molar-refractivity contribution is -0.156. The van der Waals surface area contributed by atoms with Crippen molar-refractivity contribution in [1.29, 1.82) is 5.41 Å². The van der Waals surface area contributed by atoms with Crippen LogP contribution in [0.4, 0.5) is 0 Å². The predicted molar refractivity (Wildman–Crippen MR) is 167 cm³/mol. The van der Waals surface area contributed by atoms with Gasteiger partial charge in [0.2, 0.25) is 11.8 Å². The molecule has 1 fully saturated rings. The number of hydrogen-bond acceptors (Lipinski definition) is 7. The molecule has 3 rings (SSSR count). The van der Waals surface area contributed by atoms with Crippen molar-refractivity contribution in [3.05, 3.63) is 65.2 Å². The third-order valence-corrected chi connectivity index (χ3v) is 7.03. The Balaban J connectivity index is 0.00000675. The van der Waals surface area contributed by atoms with Gasteiger partial charge in [0.05, 0.1) is 7.11 Å². The standard InChI is InChI=1S/C29H38N8O6.ClH/c1-43-21-11-5-18(6-12-21)16-22(35-26(40)20-9-7-19(8-10-20)25(30)31)27(41)37-15-14-36(17-24(38)39)28(42)23(37)4-2-3-13-34-29(32)33;/h5-12,22-23H,2-4,13-17H2,1H3,(H3,30,31)(H,35,40)(H,38,39)(H4,32,33,34);1H/t22-,23-;/m0./s1. The van der Waals surface area contributed by atoms with Gasteiger partial charge < -0.3 is 42.2 Å². The Morgan fingerprint density at radius 3 is 2.25 bits per heavy atom. The van der Waals surface area contributed by atoms with Crippen molar-refractivity contribution in [1.82, 2.24) is 15.1 Å². The highest BCUT2D eigenvalue weighted by atomic mass is 35.5. The molecule has 1 saturated heterocycles. The first-order valence-electron chi connectivity index (χ1n) is 13.7. The Morgan fingerprint density at radius 1 is 1.05 bits per heavy atom. The van der Waals surface area contributed by atoms with Gasteiger partial charge in [-0.05, 0) is 49.1 Å². The van der Waals surface area contributed by atoms with Crippen LogP contribution in [-0.2, 0) is 20.8 Å². The van der Waals surface area contributed by atoms with Crippen LogP contribution in [0.5, 0.6) is 5.75 Å². The molecule has 1 aliphatic rings. The molecule has 14 nitrogen and oxygen atoms in total. The number of nitrogen functional groups attached to an aromatic ring is 1. The van der Waals surface area contributed by atoms with Crippen molar-refractivity contribution in [3.8, 4) is 5.75 Å². The Hall–Kier alpha value is -4.85. The molecule has 0 unspecified atom stereocenters. The molecule has 238 valence electrons. The first-order chi connectivity index (χ1) is 20.5. The third-order valence-electron chi connectivity index (χ3n) is 7.03. The van der Waals surface area contributed by atoms with E-state index in [1.807, 2.05) is 0 Å². The Labute approximate surface area is 261 Å². The number of halogens is 1. The fourth-order valence-electron chi connectivity index (χ4n) is 4.80. The lowest BCUT2D eigenvalue weighted by atomic mass is 9.99. The van der Waals surface area contributed by atoms with E-state index in [0.717, 1.165) is 5.56 Å². The van der Waals surface area contributed by atoms with E-state index in [9.17, 15) is 24.3 Å². The lowest BCUT2D eigenvalue weighted by Crippen LogP contribution is -2.63. The first kappa shape index (κ1) is 35.3. The smallest absolute Gasteiger partial charge is 0.323 e. The minimum Gasteiger partial charge on any atom is -0.497 e. The van der Waals surface area contributed by atoms with Crippen molar-refractivity contribution >= 4 is 47.9 Å². The van der Waals surface area contributed by atoms with Gasteiger partial charge in [-0.15, -0.1) is 12.4 Å². The fraction of sp³-hybridized carbons (Fsp3) is 0.379. The molecule has 0 radical (unpaired) electrons. The summed E-state index contributed by atoms with van der Waals surface area (Å²) in [7, 11) is 1.54. The van der Waals surface area contributed by atoms with E-state index >= 15 is 0 Å². The van der Waals surface area contributed by atoms with Gasteiger partial charge in [-0.3, -0.25) is 29.6 Å². The molecular weight excluding hydrogens is 592 g/mol. The third kappa shape index (κ3) is 9.87. The summed E-state index contributed by atoms with van der Waals surface area (Å²) >= 11 is 0.